The number of thiocarbonyl (C=S) groups is 1. The standard InChI is InChI=1S/C11H13ClOS/c1-11(2,3)8-6-4-5-7-9(8)13-10(12)14/h4-7H,1-3H3. The quantitative estimate of drug-likeness (QED) is 0.533. The van der Waals surface area contributed by atoms with Crippen LogP contribution < -0.4 is 4.74 Å². The highest BCUT2D eigenvalue weighted by Crippen LogP contribution is 2.31. The van der Waals surface area contributed by atoms with Crippen LogP contribution in [0.25, 0.3) is 0 Å². The Hall–Kier alpha value is -0.600. The van der Waals surface area contributed by atoms with Crippen LogP contribution in [0.15, 0.2) is 24.3 Å². The molecule has 1 aromatic carbocycles. The summed E-state index contributed by atoms with van der Waals surface area (Å²) in [6.07, 6.45) is 0. The second-order valence-corrected chi connectivity index (χ2v) is 5.02. The summed E-state index contributed by atoms with van der Waals surface area (Å²) in [6, 6.07) is 7.77. The Labute approximate surface area is 95.0 Å². The van der Waals surface area contributed by atoms with Gasteiger partial charge < -0.3 is 4.74 Å². The summed E-state index contributed by atoms with van der Waals surface area (Å²) in [4.78, 5) is 0. The number of hydrogen-bond acceptors (Lipinski definition) is 2. The van der Waals surface area contributed by atoms with E-state index in [4.69, 9.17) is 28.6 Å². The van der Waals surface area contributed by atoms with Crippen molar-refractivity contribution in [2.24, 2.45) is 0 Å². The first kappa shape index (κ1) is 11.5. The molecule has 0 unspecified atom stereocenters. The molecule has 0 N–H and O–H groups in total. The SMILES string of the molecule is CC(C)(C)c1ccccc1OC(=S)Cl. The molecule has 3 heteroatoms. The molecule has 0 radical (unpaired) electrons. The van der Waals surface area contributed by atoms with E-state index in [0.717, 1.165) is 11.3 Å². The number of halogens is 1. The zero-order valence-corrected chi connectivity index (χ0v) is 10.1. The van der Waals surface area contributed by atoms with Crippen LogP contribution in [0, 0.1) is 0 Å². The molecule has 1 aromatic rings. The first-order valence-electron chi connectivity index (χ1n) is 4.38. The van der Waals surface area contributed by atoms with Crippen molar-refractivity contribution in [1.82, 2.24) is 0 Å². The summed E-state index contributed by atoms with van der Waals surface area (Å²) in [5.41, 5.74) is 1.13. The largest absolute Gasteiger partial charge is 0.435 e. The van der Waals surface area contributed by atoms with Gasteiger partial charge in [0.1, 0.15) is 5.75 Å². The van der Waals surface area contributed by atoms with Gasteiger partial charge in [-0.3, -0.25) is 0 Å². The van der Waals surface area contributed by atoms with E-state index in [-0.39, 0.29) is 9.92 Å². The van der Waals surface area contributed by atoms with Gasteiger partial charge in [-0.1, -0.05) is 39.0 Å². The monoisotopic (exact) mass is 228 g/mol. The minimum Gasteiger partial charge on any atom is -0.435 e. The Balaban J connectivity index is 3.10. The summed E-state index contributed by atoms with van der Waals surface area (Å²) in [5.74, 6) is 0.736. The highest BCUT2D eigenvalue weighted by molar-refractivity contribution is 7.82. The highest BCUT2D eigenvalue weighted by Gasteiger charge is 2.18. The van der Waals surface area contributed by atoms with Crippen molar-refractivity contribution < 1.29 is 4.74 Å². The average molecular weight is 229 g/mol. The van der Waals surface area contributed by atoms with E-state index >= 15 is 0 Å². The maximum absolute atomic E-state index is 5.54. The molecule has 1 nitrogen and oxygen atoms in total. The van der Waals surface area contributed by atoms with E-state index in [9.17, 15) is 0 Å². The smallest absolute Gasteiger partial charge is 0.260 e. The molecule has 0 aliphatic rings. The van der Waals surface area contributed by atoms with Crippen molar-refractivity contribution in [3.63, 3.8) is 0 Å². The molecule has 0 heterocycles. The summed E-state index contributed by atoms with van der Waals surface area (Å²) in [7, 11) is 0. The lowest BCUT2D eigenvalue weighted by Gasteiger charge is -2.21. The van der Waals surface area contributed by atoms with Crippen LogP contribution in [-0.2, 0) is 5.41 Å². The highest BCUT2D eigenvalue weighted by atomic mass is 35.5. The van der Waals surface area contributed by atoms with Crippen LogP contribution in [0.4, 0.5) is 0 Å². The van der Waals surface area contributed by atoms with E-state index in [2.05, 4.69) is 20.8 Å². The Morgan fingerprint density at radius 1 is 1.29 bits per heavy atom. The normalized spacial score (nSPS) is 11.1. The molecular formula is C11H13ClOS. The number of benzene rings is 1. The number of hydrogen-bond donors (Lipinski definition) is 0. The fourth-order valence-corrected chi connectivity index (χ4v) is 1.43. The van der Waals surface area contributed by atoms with Gasteiger partial charge >= 0.3 is 0 Å². The van der Waals surface area contributed by atoms with Gasteiger partial charge in [0.15, 0.2) is 0 Å². The summed E-state index contributed by atoms with van der Waals surface area (Å²) >= 11 is 10.2. The fraction of sp³-hybridized carbons (Fsp3) is 0.364. The molecule has 0 spiro atoms. The van der Waals surface area contributed by atoms with Gasteiger partial charge in [0.2, 0.25) is 0 Å². The maximum atomic E-state index is 5.54. The third-order valence-corrected chi connectivity index (χ3v) is 2.05. The molecular weight excluding hydrogens is 216 g/mol. The van der Waals surface area contributed by atoms with Gasteiger partial charge in [0.25, 0.3) is 4.51 Å². The summed E-state index contributed by atoms with van der Waals surface area (Å²) in [6.45, 7) is 6.35. The summed E-state index contributed by atoms with van der Waals surface area (Å²) < 4.78 is 5.30. The van der Waals surface area contributed by atoms with E-state index in [1.807, 2.05) is 24.3 Å². The van der Waals surface area contributed by atoms with Crippen molar-refractivity contribution >= 4 is 28.3 Å². The van der Waals surface area contributed by atoms with Gasteiger partial charge in [-0.05, 0) is 35.3 Å². The van der Waals surface area contributed by atoms with Crippen molar-refractivity contribution in [1.29, 1.82) is 0 Å². The van der Waals surface area contributed by atoms with E-state index < -0.39 is 0 Å². The number of ether oxygens (including phenoxy) is 1. The van der Waals surface area contributed by atoms with E-state index in [1.165, 1.54) is 0 Å². The molecule has 0 aromatic heterocycles. The van der Waals surface area contributed by atoms with E-state index in [0.29, 0.717) is 0 Å². The molecule has 0 saturated heterocycles. The first-order valence-corrected chi connectivity index (χ1v) is 5.16. The molecule has 0 bridgehead atoms. The summed E-state index contributed by atoms with van der Waals surface area (Å²) in [5, 5.41) is 0. The van der Waals surface area contributed by atoms with Crippen molar-refractivity contribution in [3.05, 3.63) is 29.8 Å². The van der Waals surface area contributed by atoms with Gasteiger partial charge in [-0.25, -0.2) is 0 Å². The lowest BCUT2D eigenvalue weighted by molar-refractivity contribution is 0.518. The second kappa shape index (κ2) is 4.28. The lowest BCUT2D eigenvalue weighted by atomic mass is 9.86. The molecule has 14 heavy (non-hydrogen) atoms. The Bertz CT molecular complexity index is 341. The van der Waals surface area contributed by atoms with Gasteiger partial charge in [0.05, 0.1) is 0 Å². The van der Waals surface area contributed by atoms with E-state index in [1.54, 1.807) is 0 Å². The van der Waals surface area contributed by atoms with Crippen LogP contribution in [0.2, 0.25) is 0 Å². The molecule has 0 saturated carbocycles. The van der Waals surface area contributed by atoms with Crippen LogP contribution in [0.1, 0.15) is 26.3 Å². The number of rotatable bonds is 1. The third-order valence-electron chi connectivity index (χ3n) is 1.89. The number of para-hydroxylation sites is 1. The molecule has 1 rings (SSSR count). The predicted octanol–water partition coefficient (Wildman–Crippen LogP) is 3.89. The Kier molecular flexibility index (Phi) is 3.51. The van der Waals surface area contributed by atoms with Gasteiger partial charge in [-0.2, -0.15) is 0 Å². The molecule has 0 fully saturated rings. The predicted molar refractivity (Wildman–Crippen MR) is 64.2 cm³/mol. The van der Waals surface area contributed by atoms with Gasteiger partial charge in [0, 0.05) is 5.56 Å². The molecule has 0 amide bonds. The Morgan fingerprint density at radius 3 is 2.36 bits per heavy atom. The fourth-order valence-electron chi connectivity index (χ4n) is 1.26. The van der Waals surface area contributed by atoms with Crippen LogP contribution in [0.3, 0.4) is 0 Å². The molecule has 0 atom stereocenters. The Morgan fingerprint density at radius 2 is 1.86 bits per heavy atom. The lowest BCUT2D eigenvalue weighted by Crippen LogP contribution is -2.13. The van der Waals surface area contributed by atoms with Gasteiger partial charge in [-0.15, -0.1) is 0 Å². The first-order chi connectivity index (χ1) is 6.41. The molecule has 0 aliphatic heterocycles. The van der Waals surface area contributed by atoms with Crippen molar-refractivity contribution in [2.45, 2.75) is 26.2 Å². The average Bonchev–Trinajstić information content (AvgIpc) is 2.01. The van der Waals surface area contributed by atoms with Crippen molar-refractivity contribution in [2.75, 3.05) is 0 Å². The van der Waals surface area contributed by atoms with Crippen LogP contribution >= 0.6 is 23.8 Å². The minimum absolute atomic E-state index is 0.0261. The zero-order chi connectivity index (χ0) is 10.8. The zero-order valence-electron chi connectivity index (χ0n) is 8.50. The molecule has 0 aliphatic carbocycles. The second-order valence-electron chi connectivity index (χ2n) is 4.09. The maximum Gasteiger partial charge on any atom is 0.260 e. The third kappa shape index (κ3) is 2.96. The van der Waals surface area contributed by atoms with Crippen LogP contribution in [-0.4, -0.2) is 4.51 Å². The van der Waals surface area contributed by atoms with Crippen LogP contribution in [0.5, 0.6) is 5.75 Å². The van der Waals surface area contributed by atoms with Crippen molar-refractivity contribution in [3.8, 4) is 5.75 Å². The topological polar surface area (TPSA) is 9.23 Å². The molecule has 76 valence electrons. The minimum atomic E-state index is 0.0261.